The number of rotatable bonds is 8. The van der Waals surface area contributed by atoms with Crippen LogP contribution >= 0.6 is 0 Å². The fourth-order valence-corrected chi connectivity index (χ4v) is 1.93. The van der Waals surface area contributed by atoms with Crippen LogP contribution < -0.4 is 20.6 Å². The molecule has 0 unspecified atom stereocenters. The molecule has 0 saturated heterocycles. The topological polar surface area (TPSA) is 74.7 Å². The molecule has 1 heterocycles. The van der Waals surface area contributed by atoms with Gasteiger partial charge in [0.15, 0.2) is 0 Å². The van der Waals surface area contributed by atoms with Gasteiger partial charge in [-0.15, -0.1) is 0 Å². The summed E-state index contributed by atoms with van der Waals surface area (Å²) in [6.07, 6.45) is 2.96. The Morgan fingerprint density at radius 3 is 2.59 bits per heavy atom. The molecule has 0 spiro atoms. The third kappa shape index (κ3) is 4.93. The van der Waals surface area contributed by atoms with Crippen molar-refractivity contribution in [2.75, 3.05) is 13.2 Å². The number of nitrogens with two attached hydrogens (primary N) is 1. The quantitative estimate of drug-likeness (QED) is 0.759. The minimum Gasteiger partial charge on any atom is -0.494 e. The van der Waals surface area contributed by atoms with Crippen molar-refractivity contribution in [1.29, 1.82) is 0 Å². The maximum atomic E-state index is 11.7. The molecular formula is C17H21NO4. The summed E-state index contributed by atoms with van der Waals surface area (Å²) in [5.41, 5.74) is 6.36. The van der Waals surface area contributed by atoms with Gasteiger partial charge >= 0.3 is 0 Å². The van der Waals surface area contributed by atoms with Crippen LogP contribution in [0.5, 0.6) is 11.5 Å². The Balaban J connectivity index is 1.66. The summed E-state index contributed by atoms with van der Waals surface area (Å²) in [5.74, 6) is 1.54. The number of ether oxygens (including phenoxy) is 2. The fraction of sp³-hybridized carbons (Fsp3) is 0.353. The van der Waals surface area contributed by atoms with E-state index in [0.29, 0.717) is 19.0 Å². The molecule has 0 aliphatic heterocycles. The molecule has 118 valence electrons. The molecular weight excluding hydrogens is 282 g/mol. The van der Waals surface area contributed by atoms with Crippen LogP contribution in [0.2, 0.25) is 0 Å². The number of hydrogen-bond donors (Lipinski definition) is 1. The molecule has 2 N–H and O–H groups in total. The van der Waals surface area contributed by atoms with E-state index >= 15 is 0 Å². The molecule has 5 nitrogen and oxygen atoms in total. The molecule has 0 amide bonds. The first kappa shape index (κ1) is 16.1. The maximum Gasteiger partial charge on any atom is 0.227 e. The predicted molar refractivity (Wildman–Crippen MR) is 84.3 cm³/mol. The van der Waals surface area contributed by atoms with Gasteiger partial charge in [0.2, 0.25) is 11.2 Å². The van der Waals surface area contributed by atoms with E-state index in [1.807, 2.05) is 31.2 Å². The SMILES string of the molecule is Cc1cccc(OCCCCOc2coc(CN)cc2=O)c1. The van der Waals surface area contributed by atoms with Crippen LogP contribution in [-0.4, -0.2) is 13.2 Å². The summed E-state index contributed by atoms with van der Waals surface area (Å²) in [4.78, 5) is 11.7. The van der Waals surface area contributed by atoms with Crippen LogP contribution in [0.1, 0.15) is 24.2 Å². The number of aryl methyl sites for hydroxylation is 1. The van der Waals surface area contributed by atoms with Gasteiger partial charge in [-0.25, -0.2) is 0 Å². The van der Waals surface area contributed by atoms with Crippen molar-refractivity contribution in [2.45, 2.75) is 26.3 Å². The Morgan fingerprint density at radius 1 is 1.14 bits per heavy atom. The molecule has 0 atom stereocenters. The van der Waals surface area contributed by atoms with Crippen molar-refractivity contribution < 1.29 is 13.9 Å². The van der Waals surface area contributed by atoms with Gasteiger partial charge in [-0.1, -0.05) is 12.1 Å². The zero-order chi connectivity index (χ0) is 15.8. The lowest BCUT2D eigenvalue weighted by molar-refractivity contribution is 0.260. The van der Waals surface area contributed by atoms with Crippen molar-refractivity contribution in [3.63, 3.8) is 0 Å². The molecule has 22 heavy (non-hydrogen) atoms. The van der Waals surface area contributed by atoms with E-state index < -0.39 is 0 Å². The fourth-order valence-electron chi connectivity index (χ4n) is 1.93. The van der Waals surface area contributed by atoms with Crippen molar-refractivity contribution >= 4 is 0 Å². The van der Waals surface area contributed by atoms with Crippen LogP contribution in [0.15, 0.2) is 45.8 Å². The summed E-state index contributed by atoms with van der Waals surface area (Å²) < 4.78 is 16.2. The lowest BCUT2D eigenvalue weighted by atomic mass is 10.2. The van der Waals surface area contributed by atoms with Crippen LogP contribution in [0.25, 0.3) is 0 Å². The van der Waals surface area contributed by atoms with Gasteiger partial charge in [0, 0.05) is 6.07 Å². The zero-order valence-electron chi connectivity index (χ0n) is 12.7. The average Bonchev–Trinajstić information content (AvgIpc) is 2.52. The molecule has 0 saturated carbocycles. The number of unbranched alkanes of at least 4 members (excludes halogenated alkanes) is 1. The number of hydrogen-bond acceptors (Lipinski definition) is 5. The predicted octanol–water partition coefficient (Wildman–Crippen LogP) is 2.64. The van der Waals surface area contributed by atoms with Crippen LogP contribution in [0, 0.1) is 6.92 Å². The van der Waals surface area contributed by atoms with Crippen molar-refractivity contribution in [3.8, 4) is 11.5 Å². The van der Waals surface area contributed by atoms with E-state index in [9.17, 15) is 4.79 Å². The molecule has 5 heteroatoms. The molecule has 0 aliphatic carbocycles. The van der Waals surface area contributed by atoms with E-state index in [4.69, 9.17) is 19.6 Å². The summed E-state index contributed by atoms with van der Waals surface area (Å²) in [5, 5.41) is 0. The van der Waals surface area contributed by atoms with Crippen molar-refractivity contribution in [3.05, 3.63) is 58.1 Å². The van der Waals surface area contributed by atoms with E-state index in [1.54, 1.807) is 0 Å². The standard InChI is InChI=1S/C17H21NO4/c1-13-5-4-6-14(9-13)20-7-2-3-8-21-17-12-22-15(11-18)10-16(17)19/h4-6,9-10,12H,2-3,7-8,11,18H2,1H3. The van der Waals surface area contributed by atoms with Gasteiger partial charge in [-0.3, -0.25) is 4.79 Å². The van der Waals surface area contributed by atoms with Gasteiger partial charge in [0.25, 0.3) is 0 Å². The second-order valence-electron chi connectivity index (χ2n) is 5.00. The summed E-state index contributed by atoms with van der Waals surface area (Å²) >= 11 is 0. The molecule has 0 bridgehead atoms. The first-order valence-corrected chi connectivity index (χ1v) is 7.33. The monoisotopic (exact) mass is 303 g/mol. The molecule has 0 fully saturated rings. The second kappa shape index (κ2) is 8.24. The van der Waals surface area contributed by atoms with Crippen LogP contribution in [0.4, 0.5) is 0 Å². The molecule has 2 rings (SSSR count). The van der Waals surface area contributed by atoms with Gasteiger partial charge in [0.1, 0.15) is 17.8 Å². The Kier molecular flexibility index (Phi) is 6.03. The third-order valence-corrected chi connectivity index (χ3v) is 3.11. The lowest BCUT2D eigenvalue weighted by Crippen LogP contribution is -2.11. The smallest absolute Gasteiger partial charge is 0.227 e. The van der Waals surface area contributed by atoms with Crippen molar-refractivity contribution in [2.24, 2.45) is 5.73 Å². The zero-order valence-corrected chi connectivity index (χ0v) is 12.7. The van der Waals surface area contributed by atoms with Gasteiger partial charge in [-0.05, 0) is 37.5 Å². The second-order valence-corrected chi connectivity index (χ2v) is 5.00. The van der Waals surface area contributed by atoms with Gasteiger partial charge in [-0.2, -0.15) is 0 Å². The Morgan fingerprint density at radius 2 is 1.91 bits per heavy atom. The summed E-state index contributed by atoms with van der Waals surface area (Å²) in [6.45, 7) is 3.30. The Bertz CT molecular complexity index is 651. The van der Waals surface area contributed by atoms with E-state index in [1.165, 1.54) is 17.9 Å². The largest absolute Gasteiger partial charge is 0.494 e. The third-order valence-electron chi connectivity index (χ3n) is 3.11. The summed E-state index contributed by atoms with van der Waals surface area (Å²) in [7, 11) is 0. The van der Waals surface area contributed by atoms with Gasteiger partial charge < -0.3 is 19.6 Å². The highest BCUT2D eigenvalue weighted by molar-refractivity contribution is 5.27. The highest BCUT2D eigenvalue weighted by Gasteiger charge is 2.03. The molecule has 0 aliphatic rings. The minimum atomic E-state index is -0.206. The van der Waals surface area contributed by atoms with E-state index in [2.05, 4.69) is 0 Å². The van der Waals surface area contributed by atoms with Crippen molar-refractivity contribution in [1.82, 2.24) is 0 Å². The highest BCUT2D eigenvalue weighted by atomic mass is 16.5. The average molecular weight is 303 g/mol. The normalized spacial score (nSPS) is 10.5. The van der Waals surface area contributed by atoms with E-state index in [0.717, 1.165) is 18.6 Å². The Labute approximate surface area is 129 Å². The molecule has 1 aromatic carbocycles. The first-order chi connectivity index (χ1) is 10.7. The Hall–Kier alpha value is -2.27. The van der Waals surface area contributed by atoms with E-state index in [-0.39, 0.29) is 17.7 Å². The highest BCUT2D eigenvalue weighted by Crippen LogP contribution is 2.13. The lowest BCUT2D eigenvalue weighted by Gasteiger charge is -2.08. The molecule has 0 radical (unpaired) electrons. The molecule has 2 aromatic rings. The van der Waals surface area contributed by atoms with Crippen LogP contribution in [0.3, 0.4) is 0 Å². The number of benzene rings is 1. The molecule has 1 aromatic heterocycles. The maximum absolute atomic E-state index is 11.7. The minimum absolute atomic E-state index is 0.200. The first-order valence-electron chi connectivity index (χ1n) is 7.33. The summed E-state index contributed by atoms with van der Waals surface area (Å²) in [6, 6.07) is 9.30. The van der Waals surface area contributed by atoms with Crippen LogP contribution in [-0.2, 0) is 6.54 Å². The van der Waals surface area contributed by atoms with Gasteiger partial charge in [0.05, 0.1) is 19.8 Å².